The summed E-state index contributed by atoms with van der Waals surface area (Å²) in [6.07, 6.45) is 4.15. The Bertz CT molecular complexity index is 1230. The van der Waals surface area contributed by atoms with Crippen molar-refractivity contribution < 1.29 is 14.4 Å². The topological polar surface area (TPSA) is 107 Å². The van der Waals surface area contributed by atoms with Crippen molar-refractivity contribution in [3.05, 3.63) is 80.9 Å². The summed E-state index contributed by atoms with van der Waals surface area (Å²) in [5.74, 6) is -0.882. The van der Waals surface area contributed by atoms with Crippen LogP contribution in [-0.2, 0) is 11.2 Å². The number of aromatic amines is 1. The average Bonchev–Trinajstić information content (AvgIpc) is 3.27. The third-order valence-corrected chi connectivity index (χ3v) is 7.22. The Kier molecular flexibility index (Phi) is 8.77. The van der Waals surface area contributed by atoms with E-state index in [4.69, 9.17) is 11.6 Å². The Hall–Kier alpha value is -3.17. The molecule has 0 bridgehead atoms. The Morgan fingerprint density at radius 2 is 1.69 bits per heavy atom. The van der Waals surface area contributed by atoms with Crippen molar-refractivity contribution in [2.24, 2.45) is 0 Å². The lowest BCUT2D eigenvalue weighted by Gasteiger charge is -2.30. The molecule has 0 spiro atoms. The van der Waals surface area contributed by atoms with Crippen LogP contribution < -0.4 is 10.6 Å². The zero-order valence-corrected chi connectivity index (χ0v) is 21.9. The van der Waals surface area contributed by atoms with Crippen LogP contribution in [0.3, 0.4) is 0 Å². The zero-order chi connectivity index (χ0) is 25.5. The first kappa shape index (κ1) is 25.9. The van der Waals surface area contributed by atoms with Crippen LogP contribution in [0.15, 0.2) is 59.1 Å². The van der Waals surface area contributed by atoms with E-state index in [-0.39, 0.29) is 27.5 Å². The molecule has 1 atom stereocenters. The van der Waals surface area contributed by atoms with Crippen molar-refractivity contribution in [1.82, 2.24) is 20.4 Å². The highest BCUT2D eigenvalue weighted by Crippen LogP contribution is 2.26. The van der Waals surface area contributed by atoms with E-state index >= 15 is 0 Å². The fraction of sp³-hybridized carbons (Fsp3) is 0.308. The molecule has 1 fully saturated rings. The number of likely N-dealkylation sites (tertiary alicyclic amines) is 1. The summed E-state index contributed by atoms with van der Waals surface area (Å²) in [5.41, 5.74) is 1.49. The lowest BCUT2D eigenvalue weighted by Crippen LogP contribution is -2.50. The standard InChI is InChI=1S/C26H27BrClN5O3/c27-21-22(31-32-23(21)30-24(34)18-11-5-6-12-19(18)28)25(35)29-20(14-13-17-9-3-1-4-10-17)26(36)33-15-7-2-8-16-33/h1,3-6,9-12,20H,2,7-8,13-16H2,(H,29,35)(H2,30,31,32,34)/t20-/m1/s1. The van der Waals surface area contributed by atoms with Gasteiger partial charge >= 0.3 is 0 Å². The van der Waals surface area contributed by atoms with E-state index in [2.05, 4.69) is 36.8 Å². The third kappa shape index (κ3) is 6.33. The molecule has 1 aliphatic heterocycles. The van der Waals surface area contributed by atoms with Gasteiger partial charge in [0.05, 0.1) is 15.1 Å². The first-order valence-corrected chi connectivity index (χ1v) is 13.0. The molecule has 10 heteroatoms. The molecule has 1 aromatic heterocycles. The Morgan fingerprint density at radius 3 is 2.42 bits per heavy atom. The maximum atomic E-state index is 13.3. The number of rotatable bonds is 8. The molecule has 36 heavy (non-hydrogen) atoms. The second kappa shape index (κ2) is 12.2. The van der Waals surface area contributed by atoms with Gasteiger partial charge in [0, 0.05) is 13.1 Å². The van der Waals surface area contributed by atoms with Gasteiger partial charge in [-0.25, -0.2) is 0 Å². The Labute approximate surface area is 222 Å². The highest BCUT2D eigenvalue weighted by atomic mass is 79.9. The van der Waals surface area contributed by atoms with E-state index < -0.39 is 17.9 Å². The van der Waals surface area contributed by atoms with Crippen LogP contribution in [0.4, 0.5) is 5.82 Å². The highest BCUT2D eigenvalue weighted by Gasteiger charge is 2.29. The molecule has 3 amide bonds. The van der Waals surface area contributed by atoms with E-state index in [9.17, 15) is 14.4 Å². The number of carbonyl (C=O) groups is 3. The molecule has 0 aliphatic carbocycles. The second-order valence-electron chi connectivity index (χ2n) is 8.63. The number of carbonyl (C=O) groups excluding carboxylic acids is 3. The molecule has 4 rings (SSSR count). The van der Waals surface area contributed by atoms with E-state index in [1.807, 2.05) is 35.2 Å². The van der Waals surface area contributed by atoms with Crippen LogP contribution >= 0.6 is 27.5 Å². The minimum absolute atomic E-state index is 0.0816. The van der Waals surface area contributed by atoms with Gasteiger partial charge in [-0.1, -0.05) is 54.1 Å². The number of piperidine rings is 1. The summed E-state index contributed by atoms with van der Waals surface area (Å²) in [6.45, 7) is 1.39. The van der Waals surface area contributed by atoms with Crippen LogP contribution in [-0.4, -0.2) is 52.0 Å². The maximum Gasteiger partial charge on any atom is 0.271 e. The van der Waals surface area contributed by atoms with Gasteiger partial charge in [0.25, 0.3) is 11.8 Å². The molecule has 0 radical (unpaired) electrons. The number of hydrogen-bond acceptors (Lipinski definition) is 4. The van der Waals surface area contributed by atoms with Gasteiger partial charge in [0.1, 0.15) is 11.7 Å². The summed E-state index contributed by atoms with van der Waals surface area (Å²) in [7, 11) is 0. The Balaban J connectivity index is 1.47. The molecule has 3 aromatic rings. The fourth-order valence-electron chi connectivity index (χ4n) is 4.16. The lowest BCUT2D eigenvalue weighted by atomic mass is 10.0. The van der Waals surface area contributed by atoms with Gasteiger partial charge < -0.3 is 15.5 Å². The number of aromatic nitrogens is 2. The number of H-pyrrole nitrogens is 1. The van der Waals surface area contributed by atoms with Gasteiger partial charge in [-0.15, -0.1) is 0 Å². The molecule has 0 saturated carbocycles. The normalized spacial score (nSPS) is 14.2. The first-order chi connectivity index (χ1) is 17.4. The third-order valence-electron chi connectivity index (χ3n) is 6.12. The van der Waals surface area contributed by atoms with E-state index in [1.165, 1.54) is 0 Å². The number of amides is 3. The van der Waals surface area contributed by atoms with Crippen LogP contribution in [0, 0.1) is 0 Å². The summed E-state index contributed by atoms with van der Waals surface area (Å²) in [5, 5.41) is 12.6. The van der Waals surface area contributed by atoms with Gasteiger partial charge in [0.2, 0.25) is 5.91 Å². The predicted molar refractivity (Wildman–Crippen MR) is 142 cm³/mol. The van der Waals surface area contributed by atoms with Crippen molar-refractivity contribution in [3.63, 3.8) is 0 Å². The van der Waals surface area contributed by atoms with Crippen LogP contribution in [0.1, 0.15) is 52.1 Å². The van der Waals surface area contributed by atoms with Gasteiger partial charge in [-0.3, -0.25) is 19.5 Å². The molecule has 1 aliphatic rings. The average molecular weight is 573 g/mol. The number of nitrogens with zero attached hydrogens (tertiary/aromatic N) is 2. The minimum atomic E-state index is -0.688. The first-order valence-electron chi connectivity index (χ1n) is 11.9. The van der Waals surface area contributed by atoms with Gasteiger partial charge in [-0.2, -0.15) is 5.10 Å². The number of anilines is 1. The maximum absolute atomic E-state index is 13.3. The molecule has 3 N–H and O–H groups in total. The number of aryl methyl sites for hydroxylation is 1. The van der Waals surface area contributed by atoms with E-state index in [0.717, 1.165) is 24.8 Å². The number of benzene rings is 2. The summed E-state index contributed by atoms with van der Waals surface area (Å²) >= 11 is 9.46. The van der Waals surface area contributed by atoms with Gasteiger partial charge in [0.15, 0.2) is 5.82 Å². The molecule has 2 heterocycles. The zero-order valence-electron chi connectivity index (χ0n) is 19.6. The van der Waals surface area contributed by atoms with Crippen molar-refractivity contribution in [3.8, 4) is 0 Å². The predicted octanol–water partition coefficient (Wildman–Crippen LogP) is 4.82. The van der Waals surface area contributed by atoms with Crippen molar-refractivity contribution in [1.29, 1.82) is 0 Å². The minimum Gasteiger partial charge on any atom is -0.341 e. The number of hydrogen-bond donors (Lipinski definition) is 3. The molecule has 8 nitrogen and oxygen atoms in total. The fourth-order valence-corrected chi connectivity index (χ4v) is 4.84. The monoisotopic (exact) mass is 571 g/mol. The van der Waals surface area contributed by atoms with Crippen LogP contribution in [0.5, 0.6) is 0 Å². The molecule has 2 aromatic carbocycles. The van der Waals surface area contributed by atoms with Crippen LogP contribution in [0.25, 0.3) is 0 Å². The summed E-state index contributed by atoms with van der Waals surface area (Å²) in [6, 6.07) is 15.8. The second-order valence-corrected chi connectivity index (χ2v) is 9.83. The molecular weight excluding hydrogens is 546 g/mol. The van der Waals surface area contributed by atoms with E-state index in [1.54, 1.807) is 24.3 Å². The molecular formula is C26H27BrClN5O3. The Morgan fingerprint density at radius 1 is 1.00 bits per heavy atom. The number of nitrogens with one attached hydrogen (secondary N) is 3. The quantitative estimate of drug-likeness (QED) is 0.360. The van der Waals surface area contributed by atoms with Crippen LogP contribution in [0.2, 0.25) is 5.02 Å². The lowest BCUT2D eigenvalue weighted by molar-refractivity contribution is -0.134. The van der Waals surface area contributed by atoms with Gasteiger partial charge in [-0.05, 0) is 65.7 Å². The molecule has 1 saturated heterocycles. The van der Waals surface area contributed by atoms with Crippen molar-refractivity contribution >= 4 is 51.1 Å². The largest absolute Gasteiger partial charge is 0.341 e. The smallest absolute Gasteiger partial charge is 0.271 e. The molecule has 0 unspecified atom stereocenters. The number of halogens is 2. The summed E-state index contributed by atoms with van der Waals surface area (Å²) in [4.78, 5) is 40.9. The molecule has 188 valence electrons. The highest BCUT2D eigenvalue weighted by molar-refractivity contribution is 9.10. The van der Waals surface area contributed by atoms with E-state index in [0.29, 0.717) is 31.0 Å². The van der Waals surface area contributed by atoms with Crippen molar-refractivity contribution in [2.75, 3.05) is 18.4 Å². The SMILES string of the molecule is O=C(Nc1n[nH]c(C(=O)N[C@H](CCc2ccccc2)C(=O)N2CCCCC2)c1Br)c1ccccc1Cl. The summed E-state index contributed by atoms with van der Waals surface area (Å²) < 4.78 is 0.285. The van der Waals surface area contributed by atoms with Crippen molar-refractivity contribution in [2.45, 2.75) is 38.1 Å².